The average Bonchev–Trinajstić information content (AvgIpc) is 3.29. The number of methoxy groups -OCH3 is 2. The third-order valence-corrected chi connectivity index (χ3v) is 7.79. The zero-order valence-corrected chi connectivity index (χ0v) is 21.2. The summed E-state index contributed by atoms with van der Waals surface area (Å²) in [6, 6.07) is 9.94. The highest BCUT2D eigenvalue weighted by atomic mass is 35.5. The van der Waals surface area contributed by atoms with Gasteiger partial charge in [-0.05, 0) is 49.8 Å². The Balaban J connectivity index is 1.75. The van der Waals surface area contributed by atoms with E-state index in [1.54, 1.807) is 26.0 Å². The number of nitrogens with zero attached hydrogens (tertiary/aromatic N) is 3. The highest BCUT2D eigenvalue weighted by molar-refractivity contribution is 7.98. The second kappa shape index (κ2) is 9.02. The Hall–Kier alpha value is -1.93. The Morgan fingerprint density at radius 1 is 1.18 bits per heavy atom. The van der Waals surface area contributed by atoms with E-state index in [0.717, 1.165) is 58.2 Å². The van der Waals surface area contributed by atoms with Gasteiger partial charge in [0.2, 0.25) is 0 Å². The Morgan fingerprint density at radius 3 is 2.48 bits per heavy atom. The van der Waals surface area contributed by atoms with Gasteiger partial charge in [-0.2, -0.15) is 5.10 Å². The summed E-state index contributed by atoms with van der Waals surface area (Å²) in [7, 11) is 5.64. The van der Waals surface area contributed by atoms with Crippen LogP contribution in [0.25, 0.3) is 16.8 Å². The molecule has 1 saturated heterocycles. The molecule has 5 rings (SSSR count). The van der Waals surface area contributed by atoms with Crippen molar-refractivity contribution in [1.82, 2.24) is 14.1 Å². The first-order valence-electron chi connectivity index (χ1n) is 11.4. The van der Waals surface area contributed by atoms with Crippen LogP contribution in [0.15, 0.2) is 35.4 Å². The molecule has 0 N–H and O–H groups in total. The van der Waals surface area contributed by atoms with Gasteiger partial charge in [-0.1, -0.05) is 17.7 Å². The summed E-state index contributed by atoms with van der Waals surface area (Å²) in [5.41, 5.74) is 4.08. The summed E-state index contributed by atoms with van der Waals surface area (Å²) in [4.78, 5) is 0. The fourth-order valence-electron chi connectivity index (χ4n) is 5.18. The van der Waals surface area contributed by atoms with Gasteiger partial charge in [0.05, 0.1) is 45.7 Å². The average molecular weight is 489 g/mol. The SMILES string of the molecule is COc1cc(Cl)cc(OC)c1-c1cccc2c([N+](C)(CC3CC3)C3CCCO3)c(SC)nn12. The standard InChI is InChI=1S/C25H31ClN3O3S/c1-29(15-16-10-11-16,22-9-6-12-32-22)24-19-8-5-7-18(28(19)27-25(24)33-4)23-20(30-2)13-17(26)14-21(23)31-3/h5,7-8,13-14,16,22H,6,9-12,15H2,1-4H3/q+1. The van der Waals surface area contributed by atoms with Crippen LogP contribution in [-0.2, 0) is 4.74 Å². The minimum absolute atomic E-state index is 0.160. The predicted molar refractivity (Wildman–Crippen MR) is 135 cm³/mol. The number of pyridine rings is 1. The van der Waals surface area contributed by atoms with Gasteiger partial charge in [-0.3, -0.25) is 4.48 Å². The van der Waals surface area contributed by atoms with Crippen LogP contribution in [0.5, 0.6) is 11.5 Å². The molecule has 6 nitrogen and oxygen atoms in total. The van der Waals surface area contributed by atoms with Gasteiger partial charge in [-0.25, -0.2) is 4.52 Å². The molecular formula is C25H31ClN3O3S+. The van der Waals surface area contributed by atoms with Crippen LogP contribution in [-0.4, -0.2) is 56.5 Å². The number of aromatic nitrogens is 2. The Bertz CT molecular complexity index is 1150. The van der Waals surface area contributed by atoms with E-state index in [4.69, 9.17) is 30.9 Å². The molecule has 33 heavy (non-hydrogen) atoms. The molecule has 1 aromatic carbocycles. The quantitative estimate of drug-likeness (QED) is 0.293. The Kier molecular flexibility index (Phi) is 6.25. The molecule has 0 spiro atoms. The van der Waals surface area contributed by atoms with Crippen molar-refractivity contribution < 1.29 is 14.2 Å². The minimum Gasteiger partial charge on any atom is -0.496 e. The molecule has 2 fully saturated rings. The maximum Gasteiger partial charge on any atom is 0.197 e. The number of thioether (sulfide) groups is 1. The molecule has 2 atom stereocenters. The summed E-state index contributed by atoms with van der Waals surface area (Å²) in [6.07, 6.45) is 7.06. The molecule has 1 aliphatic carbocycles. The maximum absolute atomic E-state index is 6.32. The molecule has 0 amide bonds. The fourth-order valence-corrected chi connectivity index (χ4v) is 6.04. The number of ether oxygens (including phenoxy) is 3. The number of quaternary nitrogens is 1. The van der Waals surface area contributed by atoms with Crippen molar-refractivity contribution in [2.75, 3.05) is 40.7 Å². The van der Waals surface area contributed by atoms with Gasteiger partial charge in [0.1, 0.15) is 17.0 Å². The molecule has 3 aromatic rings. The van der Waals surface area contributed by atoms with E-state index in [2.05, 4.69) is 31.5 Å². The summed E-state index contributed by atoms with van der Waals surface area (Å²) in [5, 5.41) is 6.71. The van der Waals surface area contributed by atoms with Crippen molar-refractivity contribution in [2.45, 2.75) is 36.9 Å². The lowest BCUT2D eigenvalue weighted by Gasteiger charge is -2.38. The topological polar surface area (TPSA) is 45.0 Å². The first-order chi connectivity index (χ1) is 16.0. The molecule has 2 unspecified atom stereocenters. The van der Waals surface area contributed by atoms with Crippen molar-refractivity contribution in [1.29, 1.82) is 0 Å². The van der Waals surface area contributed by atoms with Crippen LogP contribution in [0.4, 0.5) is 5.69 Å². The highest BCUT2D eigenvalue weighted by Gasteiger charge is 2.46. The first kappa shape index (κ1) is 22.8. The zero-order valence-electron chi connectivity index (χ0n) is 19.6. The van der Waals surface area contributed by atoms with Crippen molar-refractivity contribution in [3.63, 3.8) is 0 Å². The lowest BCUT2D eigenvalue weighted by molar-refractivity contribution is -0.00329. The lowest BCUT2D eigenvalue weighted by atomic mass is 10.1. The Morgan fingerprint density at radius 2 is 1.91 bits per heavy atom. The number of benzene rings is 1. The third-order valence-electron chi connectivity index (χ3n) is 6.91. The van der Waals surface area contributed by atoms with Crippen molar-refractivity contribution >= 4 is 34.6 Å². The summed E-state index contributed by atoms with van der Waals surface area (Å²) >= 11 is 8.02. The molecular weight excluding hydrogens is 458 g/mol. The Labute approximate surface area is 204 Å². The number of halogens is 1. The molecule has 8 heteroatoms. The van der Waals surface area contributed by atoms with E-state index in [1.807, 2.05) is 16.6 Å². The molecule has 176 valence electrons. The number of fused-ring (bicyclic) bond motifs is 1. The van der Waals surface area contributed by atoms with E-state index in [0.29, 0.717) is 16.5 Å². The lowest BCUT2D eigenvalue weighted by Crippen LogP contribution is -2.54. The van der Waals surface area contributed by atoms with E-state index >= 15 is 0 Å². The van der Waals surface area contributed by atoms with Crippen LogP contribution < -0.4 is 14.0 Å². The summed E-state index contributed by atoms with van der Waals surface area (Å²) in [5.74, 6) is 2.07. The smallest absolute Gasteiger partial charge is 0.197 e. The van der Waals surface area contributed by atoms with E-state index < -0.39 is 0 Å². The highest BCUT2D eigenvalue weighted by Crippen LogP contribution is 2.46. The zero-order chi connectivity index (χ0) is 23.2. The van der Waals surface area contributed by atoms with Crippen LogP contribution in [0.3, 0.4) is 0 Å². The number of rotatable bonds is 8. The summed E-state index contributed by atoms with van der Waals surface area (Å²) < 4.78 is 20.5. The van der Waals surface area contributed by atoms with Crippen molar-refractivity contribution in [3.8, 4) is 22.8 Å². The van der Waals surface area contributed by atoms with Gasteiger partial charge >= 0.3 is 0 Å². The van der Waals surface area contributed by atoms with E-state index in [-0.39, 0.29) is 6.23 Å². The van der Waals surface area contributed by atoms with Gasteiger partial charge < -0.3 is 14.2 Å². The van der Waals surface area contributed by atoms with Crippen LogP contribution in [0.1, 0.15) is 25.7 Å². The second-order valence-corrected chi connectivity index (χ2v) is 10.3. The summed E-state index contributed by atoms with van der Waals surface area (Å²) in [6.45, 7) is 1.92. The van der Waals surface area contributed by atoms with E-state index in [1.165, 1.54) is 18.5 Å². The van der Waals surface area contributed by atoms with Crippen LogP contribution >= 0.6 is 23.4 Å². The van der Waals surface area contributed by atoms with Crippen molar-refractivity contribution in [3.05, 3.63) is 35.4 Å². The van der Waals surface area contributed by atoms with Gasteiger partial charge in [0.25, 0.3) is 0 Å². The molecule has 1 saturated carbocycles. The monoisotopic (exact) mass is 488 g/mol. The minimum atomic E-state index is 0.160. The van der Waals surface area contributed by atoms with E-state index in [9.17, 15) is 0 Å². The fraction of sp³-hybridized carbons (Fsp3) is 0.480. The van der Waals surface area contributed by atoms with Gasteiger partial charge in [0.15, 0.2) is 16.9 Å². The van der Waals surface area contributed by atoms with Crippen LogP contribution in [0.2, 0.25) is 5.02 Å². The molecule has 0 radical (unpaired) electrons. The first-order valence-corrected chi connectivity index (χ1v) is 13.1. The largest absolute Gasteiger partial charge is 0.496 e. The third kappa shape index (κ3) is 3.99. The molecule has 1 aliphatic heterocycles. The number of hydrogen-bond donors (Lipinski definition) is 0. The van der Waals surface area contributed by atoms with Gasteiger partial charge in [-0.15, -0.1) is 11.8 Å². The normalized spacial score (nSPS) is 20.2. The van der Waals surface area contributed by atoms with Crippen molar-refractivity contribution in [2.24, 2.45) is 5.92 Å². The molecule has 3 heterocycles. The van der Waals surface area contributed by atoms with Crippen LogP contribution in [0, 0.1) is 5.92 Å². The number of hydrogen-bond acceptors (Lipinski definition) is 5. The van der Waals surface area contributed by atoms with Gasteiger partial charge in [0, 0.05) is 17.4 Å². The predicted octanol–water partition coefficient (Wildman–Crippen LogP) is 5.88. The maximum atomic E-state index is 6.32. The molecule has 2 aromatic heterocycles. The molecule has 2 aliphatic rings. The second-order valence-electron chi connectivity index (χ2n) is 9.11. The molecule has 0 bridgehead atoms.